The molecule has 0 atom stereocenters. The smallest absolute Gasteiger partial charge is 0.309 e. The lowest BCUT2D eigenvalue weighted by Crippen LogP contribution is -1.99. The van der Waals surface area contributed by atoms with E-state index in [4.69, 9.17) is 9.84 Å². The second-order valence-electron chi connectivity index (χ2n) is 3.52. The van der Waals surface area contributed by atoms with Gasteiger partial charge in [0.25, 0.3) is 0 Å². The molecule has 0 saturated carbocycles. The molecule has 2 heterocycles. The fourth-order valence-corrected chi connectivity index (χ4v) is 3.10. The fourth-order valence-electron chi connectivity index (χ4n) is 1.34. The summed E-state index contributed by atoms with van der Waals surface area (Å²) >= 11 is 2.81. The van der Waals surface area contributed by atoms with Gasteiger partial charge in [-0.05, 0) is 24.8 Å². The van der Waals surface area contributed by atoms with Crippen LogP contribution in [0.15, 0.2) is 32.9 Å². The van der Waals surface area contributed by atoms with Gasteiger partial charge in [-0.2, -0.15) is 0 Å². The SMILES string of the molecule is CCOc1cccc(Sc2nc(CC(=O)O)cs2)n1. The number of ether oxygens (including phenoxy) is 1. The minimum Gasteiger partial charge on any atom is -0.481 e. The van der Waals surface area contributed by atoms with E-state index in [9.17, 15) is 4.79 Å². The monoisotopic (exact) mass is 296 g/mol. The lowest BCUT2D eigenvalue weighted by Gasteiger charge is -2.02. The summed E-state index contributed by atoms with van der Waals surface area (Å²) in [4.78, 5) is 19.1. The molecular weight excluding hydrogens is 284 g/mol. The van der Waals surface area contributed by atoms with Crippen LogP contribution in [0.1, 0.15) is 12.6 Å². The van der Waals surface area contributed by atoms with E-state index in [1.807, 2.05) is 19.1 Å². The Bertz CT molecular complexity index is 572. The number of aliphatic carboxylic acids is 1. The molecule has 0 spiro atoms. The molecule has 0 unspecified atom stereocenters. The maximum absolute atomic E-state index is 10.6. The van der Waals surface area contributed by atoms with Crippen molar-refractivity contribution in [2.24, 2.45) is 0 Å². The highest BCUT2D eigenvalue weighted by Crippen LogP contribution is 2.30. The molecule has 19 heavy (non-hydrogen) atoms. The van der Waals surface area contributed by atoms with Gasteiger partial charge >= 0.3 is 5.97 Å². The summed E-state index contributed by atoms with van der Waals surface area (Å²) in [6.45, 7) is 2.47. The van der Waals surface area contributed by atoms with Crippen LogP contribution in [0.2, 0.25) is 0 Å². The summed E-state index contributed by atoms with van der Waals surface area (Å²) in [5, 5.41) is 11.2. The van der Waals surface area contributed by atoms with E-state index in [-0.39, 0.29) is 6.42 Å². The molecule has 2 aromatic heterocycles. The number of hydrogen-bond donors (Lipinski definition) is 1. The van der Waals surface area contributed by atoms with Crippen molar-refractivity contribution < 1.29 is 14.6 Å². The molecule has 1 N–H and O–H groups in total. The van der Waals surface area contributed by atoms with Gasteiger partial charge in [0.05, 0.1) is 18.7 Å². The second kappa shape index (κ2) is 6.53. The highest BCUT2D eigenvalue weighted by Gasteiger charge is 2.08. The first-order valence-electron chi connectivity index (χ1n) is 5.61. The maximum atomic E-state index is 10.6. The molecule has 0 aromatic carbocycles. The van der Waals surface area contributed by atoms with E-state index < -0.39 is 5.97 Å². The van der Waals surface area contributed by atoms with E-state index >= 15 is 0 Å². The zero-order chi connectivity index (χ0) is 13.7. The minimum absolute atomic E-state index is 0.0521. The van der Waals surface area contributed by atoms with E-state index in [1.165, 1.54) is 23.1 Å². The molecule has 0 amide bonds. The van der Waals surface area contributed by atoms with Crippen molar-refractivity contribution in [3.05, 3.63) is 29.3 Å². The molecule has 0 fully saturated rings. The molecule has 0 radical (unpaired) electrons. The van der Waals surface area contributed by atoms with Crippen molar-refractivity contribution in [3.8, 4) is 5.88 Å². The topological polar surface area (TPSA) is 72.3 Å². The Morgan fingerprint density at radius 2 is 2.32 bits per heavy atom. The molecule has 0 aliphatic rings. The van der Waals surface area contributed by atoms with Gasteiger partial charge in [-0.15, -0.1) is 11.3 Å². The summed E-state index contributed by atoms with van der Waals surface area (Å²) in [5.74, 6) is -0.298. The van der Waals surface area contributed by atoms with Crippen LogP contribution in [0.4, 0.5) is 0 Å². The standard InChI is InChI=1S/C12H12N2O3S2/c1-2-17-9-4-3-5-10(14-9)19-12-13-8(7-18-12)6-11(15)16/h3-5,7H,2,6H2,1H3,(H,15,16). The lowest BCUT2D eigenvalue weighted by atomic mass is 10.3. The normalized spacial score (nSPS) is 10.4. The highest BCUT2D eigenvalue weighted by molar-refractivity contribution is 8.01. The van der Waals surface area contributed by atoms with Gasteiger partial charge in [-0.1, -0.05) is 6.07 Å². The van der Waals surface area contributed by atoms with Gasteiger partial charge in [0.15, 0.2) is 4.34 Å². The molecule has 0 aliphatic heterocycles. The van der Waals surface area contributed by atoms with Crippen LogP contribution in [-0.4, -0.2) is 27.7 Å². The number of nitrogens with zero attached hydrogens (tertiary/aromatic N) is 2. The van der Waals surface area contributed by atoms with E-state index in [1.54, 1.807) is 11.4 Å². The zero-order valence-corrected chi connectivity index (χ0v) is 11.8. The van der Waals surface area contributed by atoms with Crippen molar-refractivity contribution in [2.45, 2.75) is 22.7 Å². The van der Waals surface area contributed by atoms with Crippen molar-refractivity contribution >= 4 is 29.1 Å². The quantitative estimate of drug-likeness (QED) is 0.883. The number of carbonyl (C=O) groups is 1. The average molecular weight is 296 g/mol. The number of carboxylic acid groups (broad SMARTS) is 1. The molecular formula is C12H12N2O3S2. The Balaban J connectivity index is 2.06. The number of pyridine rings is 1. The number of rotatable bonds is 6. The number of thiazole rings is 1. The maximum Gasteiger partial charge on any atom is 0.309 e. The van der Waals surface area contributed by atoms with Crippen LogP contribution in [0.25, 0.3) is 0 Å². The Hall–Kier alpha value is -1.60. The predicted molar refractivity (Wildman–Crippen MR) is 73.0 cm³/mol. The first-order chi connectivity index (χ1) is 9.17. The van der Waals surface area contributed by atoms with Crippen molar-refractivity contribution in [2.75, 3.05) is 6.61 Å². The van der Waals surface area contributed by atoms with Crippen LogP contribution in [0.5, 0.6) is 5.88 Å². The number of aromatic nitrogens is 2. The predicted octanol–water partition coefficient (Wildman–Crippen LogP) is 2.72. The third-order valence-corrected chi connectivity index (χ3v) is 3.97. The van der Waals surface area contributed by atoms with Crippen LogP contribution in [0.3, 0.4) is 0 Å². The largest absolute Gasteiger partial charge is 0.481 e. The van der Waals surface area contributed by atoms with Crippen molar-refractivity contribution in [3.63, 3.8) is 0 Å². The van der Waals surface area contributed by atoms with Crippen LogP contribution in [-0.2, 0) is 11.2 Å². The third-order valence-electron chi connectivity index (χ3n) is 2.05. The molecule has 2 rings (SSSR count). The Kier molecular flexibility index (Phi) is 4.75. The first-order valence-corrected chi connectivity index (χ1v) is 7.31. The molecule has 100 valence electrons. The zero-order valence-electron chi connectivity index (χ0n) is 10.2. The van der Waals surface area contributed by atoms with Gasteiger partial charge in [-0.3, -0.25) is 4.79 Å². The third kappa shape index (κ3) is 4.22. The van der Waals surface area contributed by atoms with Crippen molar-refractivity contribution in [1.82, 2.24) is 9.97 Å². The summed E-state index contributed by atoms with van der Waals surface area (Å²) in [7, 11) is 0. The van der Waals surface area contributed by atoms with Gasteiger partial charge in [0, 0.05) is 11.4 Å². The van der Waals surface area contributed by atoms with Crippen LogP contribution in [0, 0.1) is 0 Å². The lowest BCUT2D eigenvalue weighted by molar-refractivity contribution is -0.136. The fraction of sp³-hybridized carbons (Fsp3) is 0.250. The van der Waals surface area contributed by atoms with Crippen LogP contribution < -0.4 is 4.74 Å². The summed E-state index contributed by atoms with van der Waals surface area (Å²) in [5.41, 5.74) is 0.570. The Labute approximate surface area is 118 Å². The Morgan fingerprint density at radius 1 is 1.47 bits per heavy atom. The van der Waals surface area contributed by atoms with E-state index in [0.29, 0.717) is 18.2 Å². The number of carboxylic acids is 1. The molecule has 5 nitrogen and oxygen atoms in total. The van der Waals surface area contributed by atoms with E-state index in [2.05, 4.69) is 9.97 Å². The van der Waals surface area contributed by atoms with Gasteiger partial charge in [0.2, 0.25) is 5.88 Å². The summed E-state index contributed by atoms with van der Waals surface area (Å²) in [6.07, 6.45) is -0.0521. The second-order valence-corrected chi connectivity index (χ2v) is 5.65. The summed E-state index contributed by atoms with van der Waals surface area (Å²) < 4.78 is 6.10. The van der Waals surface area contributed by atoms with Crippen molar-refractivity contribution in [1.29, 1.82) is 0 Å². The number of hydrogen-bond acceptors (Lipinski definition) is 6. The van der Waals surface area contributed by atoms with Gasteiger partial charge in [-0.25, -0.2) is 9.97 Å². The molecule has 0 aliphatic carbocycles. The highest BCUT2D eigenvalue weighted by atomic mass is 32.2. The molecule has 2 aromatic rings. The summed E-state index contributed by atoms with van der Waals surface area (Å²) in [6, 6.07) is 5.53. The molecule has 0 saturated heterocycles. The first kappa shape index (κ1) is 13.8. The van der Waals surface area contributed by atoms with Crippen LogP contribution >= 0.6 is 23.1 Å². The molecule has 0 bridgehead atoms. The minimum atomic E-state index is -0.877. The van der Waals surface area contributed by atoms with Gasteiger partial charge in [0.1, 0.15) is 5.03 Å². The van der Waals surface area contributed by atoms with Gasteiger partial charge < -0.3 is 9.84 Å². The average Bonchev–Trinajstić information content (AvgIpc) is 2.76. The molecule has 7 heteroatoms. The van der Waals surface area contributed by atoms with E-state index in [0.717, 1.165) is 9.37 Å². The Morgan fingerprint density at radius 3 is 3.05 bits per heavy atom.